The smallest absolute Gasteiger partial charge is 0.343 e. The molecule has 3 aromatic rings. The van der Waals surface area contributed by atoms with Crippen molar-refractivity contribution in [1.29, 1.82) is 0 Å². The van der Waals surface area contributed by atoms with Gasteiger partial charge in [0.1, 0.15) is 12.4 Å². The number of amides is 1. The molecule has 3 rings (SSSR count). The lowest BCUT2D eigenvalue weighted by Gasteiger charge is -2.17. The zero-order valence-corrected chi connectivity index (χ0v) is 20.2. The molecule has 0 aliphatic carbocycles. The van der Waals surface area contributed by atoms with E-state index in [0.717, 1.165) is 28.0 Å². The number of anilines is 1. The Morgan fingerprint density at radius 3 is 2.21 bits per heavy atom. The van der Waals surface area contributed by atoms with Crippen LogP contribution in [0.5, 0.6) is 11.5 Å². The van der Waals surface area contributed by atoms with Crippen molar-refractivity contribution in [3.8, 4) is 22.6 Å². The first-order valence-corrected chi connectivity index (χ1v) is 10.6. The average Bonchev–Trinajstić information content (AvgIpc) is 2.82. The van der Waals surface area contributed by atoms with Crippen LogP contribution in [0.15, 0.2) is 60.7 Å². The summed E-state index contributed by atoms with van der Waals surface area (Å²) in [7, 11) is 1.29. The summed E-state index contributed by atoms with van der Waals surface area (Å²) in [6, 6.07) is 18.5. The van der Waals surface area contributed by atoms with E-state index in [1.54, 1.807) is 18.2 Å². The Kier molecular flexibility index (Phi) is 9.92. The maximum Gasteiger partial charge on any atom is 0.343 e. The molecule has 0 spiro atoms. The lowest BCUT2D eigenvalue weighted by atomic mass is 10.0. The Hall–Kier alpha value is -3.55. The van der Waals surface area contributed by atoms with Gasteiger partial charge in [0, 0.05) is 17.7 Å². The van der Waals surface area contributed by atoms with E-state index in [1.165, 1.54) is 7.11 Å². The highest BCUT2D eigenvalue weighted by Gasteiger charge is 2.18. The summed E-state index contributed by atoms with van der Waals surface area (Å²) in [6.07, 6.45) is 0. The first-order valence-electron chi connectivity index (χ1n) is 10.6. The summed E-state index contributed by atoms with van der Waals surface area (Å²) in [4.78, 5) is 24.8. The van der Waals surface area contributed by atoms with Gasteiger partial charge in [0.2, 0.25) is 0 Å². The number of aryl methyl sites for hydroxylation is 2. The van der Waals surface area contributed by atoms with Crippen LogP contribution in [-0.4, -0.2) is 38.7 Å². The highest BCUT2D eigenvalue weighted by Crippen LogP contribution is 2.37. The Balaban J connectivity index is 0.00000408. The van der Waals surface area contributed by atoms with Gasteiger partial charge in [0.15, 0.2) is 12.4 Å². The predicted molar refractivity (Wildman–Crippen MR) is 135 cm³/mol. The number of halogens is 1. The summed E-state index contributed by atoms with van der Waals surface area (Å²) in [5, 5.41) is 2.92. The number of methoxy groups -OCH3 is 1. The molecule has 7 nitrogen and oxygen atoms in total. The second kappa shape index (κ2) is 12.6. The molecular weight excluding hydrogens is 456 g/mol. The second-order valence-corrected chi connectivity index (χ2v) is 7.44. The van der Waals surface area contributed by atoms with Crippen LogP contribution in [0.1, 0.15) is 21.5 Å². The van der Waals surface area contributed by atoms with Crippen LogP contribution >= 0.6 is 12.4 Å². The van der Waals surface area contributed by atoms with E-state index < -0.39 is 5.97 Å². The number of carbonyl (C=O) groups is 2. The largest absolute Gasteiger partial charge is 0.492 e. The number of esters is 1. The molecule has 34 heavy (non-hydrogen) atoms. The van der Waals surface area contributed by atoms with Crippen LogP contribution in [0.25, 0.3) is 11.1 Å². The van der Waals surface area contributed by atoms with E-state index in [0.29, 0.717) is 30.2 Å². The number of ether oxygens (including phenoxy) is 3. The molecule has 0 radical (unpaired) electrons. The van der Waals surface area contributed by atoms with Gasteiger partial charge < -0.3 is 25.3 Å². The Morgan fingerprint density at radius 2 is 1.59 bits per heavy atom. The summed E-state index contributed by atoms with van der Waals surface area (Å²) in [6.45, 7) is 4.30. The summed E-state index contributed by atoms with van der Waals surface area (Å²) < 4.78 is 16.2. The lowest BCUT2D eigenvalue weighted by Crippen LogP contribution is -2.17. The lowest BCUT2D eigenvalue weighted by molar-refractivity contribution is -0.142. The molecule has 3 aromatic carbocycles. The van der Waals surface area contributed by atoms with Crippen molar-refractivity contribution in [2.24, 2.45) is 5.73 Å². The van der Waals surface area contributed by atoms with Gasteiger partial charge in [0.05, 0.1) is 12.8 Å². The van der Waals surface area contributed by atoms with Crippen molar-refractivity contribution in [3.05, 3.63) is 77.4 Å². The third kappa shape index (κ3) is 6.50. The molecule has 180 valence electrons. The number of hydrogen-bond acceptors (Lipinski definition) is 6. The standard InChI is InChI=1S/C26H28N2O5.ClH/c1-17-14-20(15-18(2)24(17)32-13-12-27)26(30)28-22-11-7-10-21(19-8-5-4-6-9-19)25(22)33-16-23(29)31-3;/h4-11,14-15H,12-13,16,27H2,1-3H3,(H,28,30);1H. The van der Waals surface area contributed by atoms with Crippen LogP contribution in [-0.2, 0) is 9.53 Å². The summed E-state index contributed by atoms with van der Waals surface area (Å²) in [5.41, 5.74) is 9.78. The van der Waals surface area contributed by atoms with Crippen molar-refractivity contribution in [2.75, 3.05) is 32.2 Å². The first kappa shape index (κ1) is 26.7. The Morgan fingerprint density at radius 1 is 0.912 bits per heavy atom. The normalized spacial score (nSPS) is 10.1. The molecular formula is C26H29ClN2O5. The highest BCUT2D eigenvalue weighted by molar-refractivity contribution is 6.06. The first-order chi connectivity index (χ1) is 15.9. The SMILES string of the molecule is COC(=O)COc1c(NC(=O)c2cc(C)c(OCCN)c(C)c2)cccc1-c1ccccc1.Cl. The number of nitrogens with two attached hydrogens (primary N) is 1. The van der Waals surface area contributed by atoms with Crippen LogP contribution in [0, 0.1) is 13.8 Å². The predicted octanol–water partition coefficient (Wildman–Crippen LogP) is 4.53. The topological polar surface area (TPSA) is 99.9 Å². The second-order valence-electron chi connectivity index (χ2n) is 7.44. The number of benzene rings is 3. The summed E-state index contributed by atoms with van der Waals surface area (Å²) in [5.74, 6) is 0.290. The van der Waals surface area contributed by atoms with Gasteiger partial charge in [-0.05, 0) is 48.7 Å². The third-order valence-electron chi connectivity index (χ3n) is 5.00. The van der Waals surface area contributed by atoms with Gasteiger partial charge >= 0.3 is 5.97 Å². The molecule has 0 saturated carbocycles. The van der Waals surface area contributed by atoms with Crippen LogP contribution in [0.4, 0.5) is 5.69 Å². The Bertz CT molecular complexity index is 1110. The van der Waals surface area contributed by atoms with E-state index in [4.69, 9.17) is 19.9 Å². The van der Waals surface area contributed by atoms with Gasteiger partial charge in [0.25, 0.3) is 5.91 Å². The third-order valence-corrected chi connectivity index (χ3v) is 5.00. The molecule has 1 amide bonds. The molecule has 8 heteroatoms. The molecule has 0 unspecified atom stereocenters. The molecule has 0 atom stereocenters. The van der Waals surface area contributed by atoms with E-state index >= 15 is 0 Å². The quantitative estimate of drug-likeness (QED) is 0.433. The van der Waals surface area contributed by atoms with Gasteiger partial charge in [-0.3, -0.25) is 4.79 Å². The van der Waals surface area contributed by atoms with Gasteiger partial charge in [-0.25, -0.2) is 4.79 Å². The fourth-order valence-electron chi connectivity index (χ4n) is 3.49. The van der Waals surface area contributed by atoms with Crippen molar-refractivity contribution in [3.63, 3.8) is 0 Å². The average molecular weight is 485 g/mol. The molecule has 0 heterocycles. The van der Waals surface area contributed by atoms with Crippen molar-refractivity contribution >= 4 is 30.0 Å². The zero-order valence-electron chi connectivity index (χ0n) is 19.4. The van der Waals surface area contributed by atoms with E-state index in [1.807, 2.05) is 56.3 Å². The number of nitrogens with one attached hydrogen (secondary N) is 1. The zero-order chi connectivity index (χ0) is 23.8. The molecule has 0 saturated heterocycles. The maximum absolute atomic E-state index is 13.1. The monoisotopic (exact) mass is 484 g/mol. The number of hydrogen-bond donors (Lipinski definition) is 2. The van der Waals surface area contributed by atoms with E-state index in [-0.39, 0.29) is 24.9 Å². The van der Waals surface area contributed by atoms with Gasteiger partial charge in [-0.1, -0.05) is 42.5 Å². The van der Waals surface area contributed by atoms with E-state index in [2.05, 4.69) is 5.32 Å². The molecule has 3 N–H and O–H groups in total. The number of rotatable bonds is 9. The van der Waals surface area contributed by atoms with Crippen LogP contribution < -0.4 is 20.5 Å². The molecule has 0 aliphatic rings. The minimum absolute atomic E-state index is 0. The number of para-hydroxylation sites is 1. The van der Waals surface area contributed by atoms with Crippen molar-refractivity contribution in [2.45, 2.75) is 13.8 Å². The molecule has 0 aliphatic heterocycles. The number of carbonyl (C=O) groups excluding carboxylic acids is 2. The van der Waals surface area contributed by atoms with E-state index in [9.17, 15) is 9.59 Å². The van der Waals surface area contributed by atoms with Gasteiger partial charge in [-0.2, -0.15) is 0 Å². The highest BCUT2D eigenvalue weighted by atomic mass is 35.5. The summed E-state index contributed by atoms with van der Waals surface area (Å²) >= 11 is 0. The van der Waals surface area contributed by atoms with Crippen LogP contribution in [0.2, 0.25) is 0 Å². The Labute approximate surface area is 205 Å². The van der Waals surface area contributed by atoms with Crippen LogP contribution in [0.3, 0.4) is 0 Å². The molecule has 0 fully saturated rings. The minimum Gasteiger partial charge on any atom is -0.492 e. The van der Waals surface area contributed by atoms with Gasteiger partial charge in [-0.15, -0.1) is 12.4 Å². The fraction of sp³-hybridized carbons (Fsp3) is 0.231. The van der Waals surface area contributed by atoms with Crippen molar-refractivity contribution in [1.82, 2.24) is 0 Å². The maximum atomic E-state index is 13.1. The minimum atomic E-state index is -0.519. The fourth-order valence-corrected chi connectivity index (χ4v) is 3.49. The van der Waals surface area contributed by atoms with Crippen molar-refractivity contribution < 1.29 is 23.8 Å². The molecule has 0 aromatic heterocycles. The molecule has 0 bridgehead atoms.